The first-order valence-corrected chi connectivity index (χ1v) is 10.7. The van der Waals surface area contributed by atoms with Crippen LogP contribution in [0.2, 0.25) is 0 Å². The number of hydrogen-bond acceptors (Lipinski definition) is 4. The molecule has 0 aromatic heterocycles. The molecule has 0 saturated heterocycles. The molecule has 0 aliphatic carbocycles. The maximum Gasteiger partial charge on any atom is 0.255 e. The lowest BCUT2D eigenvalue weighted by atomic mass is 10.1. The Balaban J connectivity index is 1.75. The summed E-state index contributed by atoms with van der Waals surface area (Å²) in [6, 6.07) is 21.3. The molecule has 0 heterocycles. The van der Waals surface area contributed by atoms with Crippen LogP contribution in [0.3, 0.4) is 0 Å². The first-order valence-electron chi connectivity index (χ1n) is 10.7. The fourth-order valence-electron chi connectivity index (χ4n) is 3.47. The molecule has 0 bridgehead atoms. The Morgan fingerprint density at radius 2 is 0.971 bits per heavy atom. The summed E-state index contributed by atoms with van der Waals surface area (Å²) in [6.07, 6.45) is 0. The zero-order chi connectivity index (χ0) is 24.5. The molecule has 0 spiro atoms. The number of amidine groups is 2. The summed E-state index contributed by atoms with van der Waals surface area (Å²) in [5, 5.41) is 11.8. The summed E-state index contributed by atoms with van der Waals surface area (Å²) < 4.78 is 0. The zero-order valence-electron chi connectivity index (χ0n) is 19.6. The minimum Gasteiger partial charge on any atom is -0.373 e. The summed E-state index contributed by atoms with van der Waals surface area (Å²) >= 11 is 0. The molecule has 0 fully saturated rings. The van der Waals surface area contributed by atoms with Crippen molar-refractivity contribution in [3.63, 3.8) is 0 Å². The lowest BCUT2D eigenvalue weighted by Gasteiger charge is -2.11. The lowest BCUT2D eigenvalue weighted by molar-refractivity contribution is 0.102. The Morgan fingerprint density at radius 1 is 0.588 bits per heavy atom. The van der Waals surface area contributed by atoms with E-state index in [1.165, 1.54) is 0 Å². The summed E-state index contributed by atoms with van der Waals surface area (Å²) in [6.45, 7) is 0. The molecular formula is C26H28N6O2. The van der Waals surface area contributed by atoms with Crippen LogP contribution in [0.15, 0.2) is 82.8 Å². The Hall–Kier alpha value is -4.46. The van der Waals surface area contributed by atoms with E-state index in [1.54, 1.807) is 64.6 Å². The van der Waals surface area contributed by atoms with Gasteiger partial charge in [0, 0.05) is 61.8 Å². The van der Waals surface area contributed by atoms with Gasteiger partial charge in [0.05, 0.1) is 0 Å². The molecule has 3 aromatic rings. The third-order valence-corrected chi connectivity index (χ3v) is 5.10. The number of amides is 2. The number of rotatable bonds is 6. The second-order valence-electron chi connectivity index (χ2n) is 7.30. The highest BCUT2D eigenvalue weighted by Gasteiger charge is 2.12. The van der Waals surface area contributed by atoms with Crippen molar-refractivity contribution in [3.8, 4) is 0 Å². The molecule has 34 heavy (non-hydrogen) atoms. The number of nitrogens with one attached hydrogen (secondary N) is 4. The van der Waals surface area contributed by atoms with Crippen LogP contribution in [0.1, 0.15) is 31.8 Å². The average molecular weight is 457 g/mol. The van der Waals surface area contributed by atoms with Gasteiger partial charge in [0.2, 0.25) is 0 Å². The van der Waals surface area contributed by atoms with Crippen LogP contribution in [-0.4, -0.2) is 51.7 Å². The number of benzene rings is 3. The molecule has 0 atom stereocenters. The van der Waals surface area contributed by atoms with E-state index < -0.39 is 0 Å². The van der Waals surface area contributed by atoms with Gasteiger partial charge in [-0.1, -0.05) is 30.3 Å². The molecule has 3 rings (SSSR count). The molecule has 3 aromatic carbocycles. The third kappa shape index (κ3) is 5.86. The summed E-state index contributed by atoms with van der Waals surface area (Å²) in [5.74, 6) is 0.800. The highest BCUT2D eigenvalue weighted by molar-refractivity contribution is 6.09. The summed E-state index contributed by atoms with van der Waals surface area (Å²) in [7, 11) is 6.97. The number of carbonyl (C=O) groups excluding carboxylic acids is 2. The van der Waals surface area contributed by atoms with Crippen molar-refractivity contribution in [1.29, 1.82) is 0 Å². The minimum atomic E-state index is -0.314. The number of nitrogens with zero attached hydrogens (tertiary/aromatic N) is 2. The van der Waals surface area contributed by atoms with Crippen molar-refractivity contribution < 1.29 is 9.59 Å². The van der Waals surface area contributed by atoms with Gasteiger partial charge in [-0.05, 0) is 42.5 Å². The summed E-state index contributed by atoms with van der Waals surface area (Å²) in [5.41, 5.74) is 3.72. The Labute approximate surface area is 199 Å². The monoisotopic (exact) mass is 456 g/mol. The van der Waals surface area contributed by atoms with E-state index in [4.69, 9.17) is 0 Å². The third-order valence-electron chi connectivity index (χ3n) is 5.10. The molecule has 8 nitrogen and oxygen atoms in total. The fourth-order valence-corrected chi connectivity index (χ4v) is 3.47. The van der Waals surface area contributed by atoms with E-state index in [-0.39, 0.29) is 11.8 Å². The molecule has 2 amide bonds. The van der Waals surface area contributed by atoms with Crippen LogP contribution in [0.25, 0.3) is 0 Å². The van der Waals surface area contributed by atoms with Crippen LogP contribution >= 0.6 is 0 Å². The van der Waals surface area contributed by atoms with Gasteiger partial charge in [-0.25, -0.2) is 0 Å². The van der Waals surface area contributed by atoms with E-state index in [9.17, 15) is 9.59 Å². The van der Waals surface area contributed by atoms with E-state index in [2.05, 4.69) is 31.3 Å². The van der Waals surface area contributed by atoms with E-state index in [0.717, 1.165) is 11.1 Å². The van der Waals surface area contributed by atoms with Gasteiger partial charge in [0.1, 0.15) is 11.7 Å². The first-order chi connectivity index (χ1) is 16.5. The van der Waals surface area contributed by atoms with Gasteiger partial charge >= 0.3 is 0 Å². The first kappa shape index (κ1) is 24.2. The highest BCUT2D eigenvalue weighted by Crippen LogP contribution is 2.16. The fraction of sp³-hybridized carbons (Fsp3) is 0.154. The molecule has 8 heteroatoms. The largest absolute Gasteiger partial charge is 0.373 e. The molecule has 0 aliphatic heterocycles. The second-order valence-corrected chi connectivity index (χ2v) is 7.30. The Bertz CT molecular complexity index is 1160. The maximum atomic E-state index is 12.8. The van der Waals surface area contributed by atoms with Crippen LogP contribution < -0.4 is 21.3 Å². The number of hydrogen-bond donors (Lipinski definition) is 4. The van der Waals surface area contributed by atoms with Gasteiger partial charge in [0.15, 0.2) is 0 Å². The van der Waals surface area contributed by atoms with Crippen LogP contribution in [0.4, 0.5) is 11.4 Å². The van der Waals surface area contributed by atoms with Crippen molar-refractivity contribution in [2.45, 2.75) is 0 Å². The molecule has 0 unspecified atom stereocenters. The zero-order valence-corrected chi connectivity index (χ0v) is 19.6. The van der Waals surface area contributed by atoms with Crippen molar-refractivity contribution >= 4 is 34.9 Å². The van der Waals surface area contributed by atoms with Crippen molar-refractivity contribution in [1.82, 2.24) is 10.6 Å². The molecule has 0 saturated carbocycles. The maximum absolute atomic E-state index is 12.8. The highest BCUT2D eigenvalue weighted by atomic mass is 16.2. The Kier molecular flexibility index (Phi) is 8.12. The van der Waals surface area contributed by atoms with Crippen molar-refractivity contribution in [2.24, 2.45) is 9.98 Å². The van der Waals surface area contributed by atoms with Crippen LogP contribution in [-0.2, 0) is 0 Å². The quantitative estimate of drug-likeness (QED) is 0.337. The smallest absolute Gasteiger partial charge is 0.255 e. The number of anilines is 2. The molecular weight excluding hydrogens is 428 g/mol. The van der Waals surface area contributed by atoms with Gasteiger partial charge in [-0.3, -0.25) is 19.6 Å². The van der Waals surface area contributed by atoms with E-state index in [1.807, 2.05) is 36.4 Å². The SMILES string of the molecule is CN=C(NC)c1cccc(NC(=O)c2cccc(C(=O)Nc3cccc(C(=NC)NC)c3)c2)c1. The van der Waals surface area contributed by atoms with Gasteiger partial charge in [-0.2, -0.15) is 0 Å². The molecule has 4 N–H and O–H groups in total. The predicted molar refractivity (Wildman–Crippen MR) is 138 cm³/mol. The van der Waals surface area contributed by atoms with Crippen LogP contribution in [0.5, 0.6) is 0 Å². The van der Waals surface area contributed by atoms with Gasteiger partial charge < -0.3 is 21.3 Å². The van der Waals surface area contributed by atoms with Crippen molar-refractivity contribution in [2.75, 3.05) is 38.8 Å². The second kappa shape index (κ2) is 11.4. The normalized spacial score (nSPS) is 11.5. The van der Waals surface area contributed by atoms with Crippen molar-refractivity contribution in [3.05, 3.63) is 95.1 Å². The molecule has 0 radical (unpaired) electrons. The topological polar surface area (TPSA) is 107 Å². The van der Waals surface area contributed by atoms with Gasteiger partial charge in [0.25, 0.3) is 11.8 Å². The minimum absolute atomic E-state index is 0.314. The number of carbonyl (C=O) groups is 2. The predicted octanol–water partition coefficient (Wildman–Crippen LogP) is 3.38. The van der Waals surface area contributed by atoms with E-state index in [0.29, 0.717) is 34.2 Å². The summed E-state index contributed by atoms with van der Waals surface area (Å²) in [4.78, 5) is 34.1. The lowest BCUT2D eigenvalue weighted by Crippen LogP contribution is -2.20. The molecule has 0 aliphatic rings. The molecule has 174 valence electrons. The number of aliphatic imine (C=N–C) groups is 2. The van der Waals surface area contributed by atoms with Crippen LogP contribution in [0, 0.1) is 0 Å². The van der Waals surface area contributed by atoms with E-state index >= 15 is 0 Å². The van der Waals surface area contributed by atoms with Gasteiger partial charge in [-0.15, -0.1) is 0 Å². The Morgan fingerprint density at radius 3 is 1.35 bits per heavy atom. The average Bonchev–Trinajstić information content (AvgIpc) is 2.86. The standard InChI is InChI=1S/C26H28N6O2/c1-27-23(28-2)17-8-6-12-21(15-17)31-25(33)19-10-5-11-20(14-19)26(34)32-22-13-7-9-18(16-22)24(29-3)30-4/h5-16H,1-4H3,(H,27,28)(H,29,30)(H,31,33)(H,32,34).